The molecule has 0 atom stereocenters. The molecule has 2 aromatic carbocycles. The van der Waals surface area contributed by atoms with Crippen molar-refractivity contribution in [1.29, 1.82) is 0 Å². The normalized spacial score (nSPS) is 11.2. The molecular formula is C23H23NO. The van der Waals surface area contributed by atoms with Gasteiger partial charge in [-0.2, -0.15) is 0 Å². The number of ketones is 1. The molecule has 0 aliphatic carbocycles. The van der Waals surface area contributed by atoms with E-state index in [0.717, 1.165) is 22.4 Å². The van der Waals surface area contributed by atoms with Crippen molar-refractivity contribution < 1.29 is 4.79 Å². The van der Waals surface area contributed by atoms with Crippen LogP contribution in [0.25, 0.3) is 6.08 Å². The lowest BCUT2D eigenvalue weighted by Gasteiger charge is -2.06. The summed E-state index contributed by atoms with van der Waals surface area (Å²) in [6.07, 6.45) is 6.23. The Morgan fingerprint density at radius 2 is 1.68 bits per heavy atom. The Kier molecular flexibility index (Phi) is 4.99. The smallest absolute Gasteiger partial charge is 0.209 e. The third-order valence-electron chi connectivity index (χ3n) is 4.23. The minimum absolute atomic E-state index is 0.0667. The fourth-order valence-electron chi connectivity index (χ4n) is 2.93. The van der Waals surface area contributed by atoms with Crippen LogP contribution in [0.4, 0.5) is 0 Å². The monoisotopic (exact) mass is 329 g/mol. The molecule has 25 heavy (non-hydrogen) atoms. The Labute approximate surface area is 149 Å². The van der Waals surface area contributed by atoms with Crippen molar-refractivity contribution in [3.8, 4) is 0 Å². The van der Waals surface area contributed by atoms with Crippen molar-refractivity contribution in [1.82, 2.24) is 4.57 Å². The third kappa shape index (κ3) is 4.16. The Morgan fingerprint density at radius 1 is 0.920 bits per heavy atom. The zero-order chi connectivity index (χ0) is 17.8. The summed E-state index contributed by atoms with van der Waals surface area (Å²) in [5.41, 5.74) is 6.14. The van der Waals surface area contributed by atoms with Gasteiger partial charge in [-0.25, -0.2) is 0 Å². The van der Waals surface area contributed by atoms with Crippen LogP contribution in [-0.4, -0.2) is 10.4 Å². The van der Waals surface area contributed by atoms with Crippen molar-refractivity contribution >= 4 is 11.9 Å². The summed E-state index contributed by atoms with van der Waals surface area (Å²) in [7, 11) is 0. The quantitative estimate of drug-likeness (QED) is 0.578. The summed E-state index contributed by atoms with van der Waals surface area (Å²) < 4.78 is 2.02. The average molecular weight is 329 g/mol. The van der Waals surface area contributed by atoms with E-state index < -0.39 is 0 Å². The SMILES string of the molecule is Cc1ccc(C(=O)c2cc(C)cn2C/C=C/c2cccc(C)c2)cc1. The average Bonchev–Trinajstić information content (AvgIpc) is 2.96. The number of carbonyl (C=O) groups is 1. The van der Waals surface area contributed by atoms with Crippen LogP contribution in [0.5, 0.6) is 0 Å². The second-order valence-electron chi connectivity index (χ2n) is 6.57. The molecule has 0 saturated carbocycles. The molecule has 1 heterocycles. The molecule has 1 aromatic heterocycles. The van der Waals surface area contributed by atoms with E-state index in [0.29, 0.717) is 6.54 Å². The topological polar surface area (TPSA) is 22.0 Å². The summed E-state index contributed by atoms with van der Waals surface area (Å²) in [4.78, 5) is 12.8. The van der Waals surface area contributed by atoms with Crippen LogP contribution in [0.1, 0.15) is 38.3 Å². The largest absolute Gasteiger partial charge is 0.341 e. The van der Waals surface area contributed by atoms with E-state index in [9.17, 15) is 4.79 Å². The van der Waals surface area contributed by atoms with E-state index >= 15 is 0 Å². The predicted octanol–water partition coefficient (Wildman–Crippen LogP) is 5.36. The van der Waals surface area contributed by atoms with Gasteiger partial charge in [0.05, 0.1) is 5.69 Å². The summed E-state index contributed by atoms with van der Waals surface area (Å²) in [5.74, 6) is 0.0667. The first-order valence-electron chi connectivity index (χ1n) is 8.54. The molecular weight excluding hydrogens is 306 g/mol. The molecule has 2 nitrogen and oxygen atoms in total. The first-order chi connectivity index (χ1) is 12.0. The Bertz CT molecular complexity index is 914. The molecule has 0 radical (unpaired) electrons. The zero-order valence-electron chi connectivity index (χ0n) is 15.0. The maximum Gasteiger partial charge on any atom is 0.209 e. The van der Waals surface area contributed by atoms with E-state index in [2.05, 4.69) is 43.3 Å². The first kappa shape index (κ1) is 17.0. The van der Waals surface area contributed by atoms with E-state index in [-0.39, 0.29) is 5.78 Å². The third-order valence-corrected chi connectivity index (χ3v) is 4.23. The van der Waals surface area contributed by atoms with Crippen molar-refractivity contribution in [2.24, 2.45) is 0 Å². The molecule has 0 spiro atoms. The van der Waals surface area contributed by atoms with Gasteiger partial charge in [0.15, 0.2) is 0 Å². The van der Waals surface area contributed by atoms with Gasteiger partial charge >= 0.3 is 0 Å². The van der Waals surface area contributed by atoms with Crippen molar-refractivity contribution in [2.45, 2.75) is 27.3 Å². The fourth-order valence-corrected chi connectivity index (χ4v) is 2.93. The van der Waals surface area contributed by atoms with Gasteiger partial charge in [0.2, 0.25) is 5.78 Å². The van der Waals surface area contributed by atoms with Crippen LogP contribution in [0.3, 0.4) is 0 Å². The van der Waals surface area contributed by atoms with E-state index in [1.54, 1.807) is 0 Å². The highest BCUT2D eigenvalue weighted by atomic mass is 16.1. The Balaban J connectivity index is 1.81. The lowest BCUT2D eigenvalue weighted by atomic mass is 10.1. The van der Waals surface area contributed by atoms with Gasteiger partial charge in [-0.3, -0.25) is 4.79 Å². The lowest BCUT2D eigenvalue weighted by molar-refractivity contribution is 0.103. The van der Waals surface area contributed by atoms with E-state index in [1.807, 2.05) is 54.9 Å². The maximum absolute atomic E-state index is 12.8. The van der Waals surface area contributed by atoms with Crippen molar-refractivity contribution in [3.63, 3.8) is 0 Å². The highest BCUT2D eigenvalue weighted by molar-refractivity contribution is 6.08. The van der Waals surface area contributed by atoms with Crippen LogP contribution < -0.4 is 0 Å². The predicted molar refractivity (Wildman–Crippen MR) is 104 cm³/mol. The number of aromatic nitrogens is 1. The molecule has 0 saturated heterocycles. The Morgan fingerprint density at radius 3 is 2.40 bits per heavy atom. The standard InChI is InChI=1S/C23H23NO/c1-17-9-11-21(12-10-17)23(25)22-15-19(3)16-24(22)13-5-8-20-7-4-6-18(2)14-20/h4-12,14-16H,13H2,1-3H3/b8-5+. The summed E-state index contributed by atoms with van der Waals surface area (Å²) in [6, 6.07) is 18.1. The molecule has 0 amide bonds. The van der Waals surface area contributed by atoms with Gasteiger partial charge in [0.1, 0.15) is 0 Å². The van der Waals surface area contributed by atoms with Gasteiger partial charge in [-0.1, -0.05) is 71.8 Å². The molecule has 3 aromatic rings. The summed E-state index contributed by atoms with van der Waals surface area (Å²) >= 11 is 0. The molecule has 0 aliphatic heterocycles. The molecule has 0 fully saturated rings. The molecule has 0 unspecified atom stereocenters. The molecule has 3 rings (SSSR count). The number of nitrogens with zero attached hydrogens (tertiary/aromatic N) is 1. The van der Waals surface area contributed by atoms with Crippen molar-refractivity contribution in [2.75, 3.05) is 0 Å². The molecule has 0 bridgehead atoms. The van der Waals surface area contributed by atoms with Gasteiger partial charge in [-0.05, 0) is 38.0 Å². The number of allylic oxidation sites excluding steroid dienone is 1. The minimum atomic E-state index is 0.0667. The number of carbonyl (C=O) groups excluding carboxylic acids is 1. The van der Waals surface area contributed by atoms with Gasteiger partial charge in [-0.15, -0.1) is 0 Å². The fraction of sp³-hybridized carbons (Fsp3) is 0.174. The number of rotatable bonds is 5. The number of hydrogen-bond acceptors (Lipinski definition) is 1. The molecule has 0 N–H and O–H groups in total. The number of aryl methyl sites for hydroxylation is 3. The highest BCUT2D eigenvalue weighted by Crippen LogP contribution is 2.15. The van der Waals surface area contributed by atoms with Gasteiger partial charge in [0.25, 0.3) is 0 Å². The second kappa shape index (κ2) is 7.35. The van der Waals surface area contributed by atoms with Crippen LogP contribution >= 0.6 is 0 Å². The van der Waals surface area contributed by atoms with E-state index in [4.69, 9.17) is 0 Å². The van der Waals surface area contributed by atoms with Crippen molar-refractivity contribution in [3.05, 3.63) is 100 Å². The molecule has 2 heteroatoms. The Hall–Kier alpha value is -2.87. The number of hydrogen-bond donors (Lipinski definition) is 0. The first-order valence-corrected chi connectivity index (χ1v) is 8.54. The van der Waals surface area contributed by atoms with Crippen LogP contribution in [-0.2, 0) is 6.54 Å². The minimum Gasteiger partial charge on any atom is -0.341 e. The van der Waals surface area contributed by atoms with Crippen LogP contribution in [0.15, 0.2) is 66.9 Å². The van der Waals surface area contributed by atoms with Crippen LogP contribution in [0.2, 0.25) is 0 Å². The zero-order valence-corrected chi connectivity index (χ0v) is 15.0. The molecule has 0 aliphatic rings. The summed E-state index contributed by atoms with van der Waals surface area (Å²) in [5, 5.41) is 0. The number of benzene rings is 2. The van der Waals surface area contributed by atoms with E-state index in [1.165, 1.54) is 11.1 Å². The maximum atomic E-state index is 12.8. The summed E-state index contributed by atoms with van der Waals surface area (Å²) in [6.45, 7) is 6.81. The second-order valence-corrected chi connectivity index (χ2v) is 6.57. The molecule has 126 valence electrons. The highest BCUT2D eigenvalue weighted by Gasteiger charge is 2.14. The lowest BCUT2D eigenvalue weighted by Crippen LogP contribution is -2.09. The van der Waals surface area contributed by atoms with Gasteiger partial charge in [0, 0.05) is 18.3 Å². The van der Waals surface area contributed by atoms with Crippen LogP contribution in [0, 0.1) is 20.8 Å². The van der Waals surface area contributed by atoms with Gasteiger partial charge < -0.3 is 4.57 Å².